The van der Waals surface area contributed by atoms with Crippen LogP contribution in [0, 0.1) is 0 Å². The number of ether oxygens (including phenoxy) is 1. The Morgan fingerprint density at radius 3 is 2.27 bits per heavy atom. The van der Waals surface area contributed by atoms with Gasteiger partial charge < -0.3 is 8.92 Å². The molecule has 0 aliphatic carbocycles. The molecule has 0 aliphatic rings. The van der Waals surface area contributed by atoms with Gasteiger partial charge >= 0.3 is 10.1 Å². The summed E-state index contributed by atoms with van der Waals surface area (Å²) in [5.74, 6) is 0.332. The number of rotatable bonds is 5. The third-order valence-corrected chi connectivity index (χ3v) is 2.26. The maximum atomic E-state index is 10.8. The monoisotopic (exact) mass is 230 g/mol. The molecule has 0 saturated heterocycles. The van der Waals surface area contributed by atoms with Crippen molar-refractivity contribution in [2.75, 3.05) is 20.0 Å². The molecule has 4 nitrogen and oxygen atoms in total. The van der Waals surface area contributed by atoms with Crippen molar-refractivity contribution >= 4 is 10.1 Å². The van der Waals surface area contributed by atoms with Gasteiger partial charge in [-0.3, -0.25) is 0 Å². The maximum Gasteiger partial charge on any atom is 0.306 e. The molecule has 0 N–H and O–H groups in total. The summed E-state index contributed by atoms with van der Waals surface area (Å²) in [7, 11) is -1.79. The van der Waals surface area contributed by atoms with E-state index in [1.165, 1.54) is 0 Å². The first-order valence-electron chi connectivity index (χ1n) is 4.48. The van der Waals surface area contributed by atoms with Crippen LogP contribution in [0.5, 0.6) is 5.75 Å². The van der Waals surface area contributed by atoms with Crippen LogP contribution in [0.3, 0.4) is 0 Å². The lowest BCUT2D eigenvalue weighted by Gasteiger charge is -2.04. The molecule has 0 spiro atoms. The zero-order valence-electron chi connectivity index (χ0n) is 8.76. The Hall–Kier alpha value is -1.07. The fraction of sp³-hybridized carbons (Fsp3) is 0.400. The Labute approximate surface area is 90.0 Å². The van der Waals surface area contributed by atoms with E-state index in [1.54, 1.807) is 19.2 Å². The van der Waals surface area contributed by atoms with E-state index in [4.69, 9.17) is 8.92 Å². The van der Waals surface area contributed by atoms with Gasteiger partial charge in [-0.05, 0) is 24.1 Å². The Morgan fingerprint density at radius 2 is 1.80 bits per heavy atom. The van der Waals surface area contributed by atoms with Gasteiger partial charge in [-0.1, -0.05) is 12.1 Å². The fourth-order valence-electron chi connectivity index (χ4n) is 1.11. The SMILES string of the molecule is COCCc1ccc(OS(C)(=O)=O)cc1. The molecule has 0 unspecified atom stereocenters. The molecule has 0 radical (unpaired) electrons. The molecule has 0 aromatic heterocycles. The summed E-state index contributed by atoms with van der Waals surface area (Å²) in [4.78, 5) is 0. The van der Waals surface area contributed by atoms with Crippen molar-refractivity contribution in [3.8, 4) is 5.75 Å². The largest absolute Gasteiger partial charge is 0.384 e. The molecule has 0 atom stereocenters. The molecule has 0 fully saturated rings. The average Bonchev–Trinajstić information content (AvgIpc) is 2.14. The van der Waals surface area contributed by atoms with Crippen LogP contribution in [0.15, 0.2) is 24.3 Å². The maximum absolute atomic E-state index is 10.8. The minimum Gasteiger partial charge on any atom is -0.384 e. The van der Waals surface area contributed by atoms with Gasteiger partial charge in [0.05, 0.1) is 12.9 Å². The van der Waals surface area contributed by atoms with E-state index < -0.39 is 10.1 Å². The zero-order chi connectivity index (χ0) is 11.3. The molecule has 1 aromatic carbocycles. The fourth-order valence-corrected chi connectivity index (χ4v) is 1.57. The standard InChI is InChI=1S/C10H14O4S/c1-13-8-7-9-3-5-10(6-4-9)14-15(2,11)12/h3-6H,7-8H2,1-2H3. The van der Waals surface area contributed by atoms with E-state index in [0.29, 0.717) is 12.4 Å². The van der Waals surface area contributed by atoms with Gasteiger partial charge in [-0.25, -0.2) is 0 Å². The van der Waals surface area contributed by atoms with Gasteiger partial charge in [-0.2, -0.15) is 8.42 Å². The second kappa shape index (κ2) is 5.14. The van der Waals surface area contributed by atoms with Crippen LogP contribution >= 0.6 is 0 Å². The van der Waals surface area contributed by atoms with Crippen LogP contribution in [0.2, 0.25) is 0 Å². The Morgan fingerprint density at radius 1 is 1.20 bits per heavy atom. The predicted octanol–water partition coefficient (Wildman–Crippen LogP) is 1.21. The molecular weight excluding hydrogens is 216 g/mol. The molecule has 0 saturated carbocycles. The van der Waals surface area contributed by atoms with E-state index in [-0.39, 0.29) is 0 Å². The van der Waals surface area contributed by atoms with E-state index in [2.05, 4.69) is 0 Å². The first kappa shape index (κ1) is 12.0. The van der Waals surface area contributed by atoms with Gasteiger partial charge in [0.1, 0.15) is 5.75 Å². The second-order valence-corrected chi connectivity index (χ2v) is 4.75. The highest BCUT2D eigenvalue weighted by atomic mass is 32.2. The van der Waals surface area contributed by atoms with Gasteiger partial charge in [-0.15, -0.1) is 0 Å². The smallest absolute Gasteiger partial charge is 0.306 e. The lowest BCUT2D eigenvalue weighted by Crippen LogP contribution is -2.05. The van der Waals surface area contributed by atoms with Crippen LogP contribution in [0.25, 0.3) is 0 Å². The average molecular weight is 230 g/mol. The van der Waals surface area contributed by atoms with E-state index in [1.807, 2.05) is 12.1 Å². The highest BCUT2D eigenvalue weighted by Crippen LogP contribution is 2.14. The van der Waals surface area contributed by atoms with Crippen LogP contribution in [0.4, 0.5) is 0 Å². The van der Waals surface area contributed by atoms with Crippen molar-refractivity contribution in [2.45, 2.75) is 6.42 Å². The van der Waals surface area contributed by atoms with E-state index >= 15 is 0 Å². The summed E-state index contributed by atoms with van der Waals surface area (Å²) in [6, 6.07) is 6.90. The van der Waals surface area contributed by atoms with Gasteiger partial charge in [0.15, 0.2) is 0 Å². The minimum absolute atomic E-state index is 0.332. The van der Waals surface area contributed by atoms with Crippen molar-refractivity contribution < 1.29 is 17.3 Å². The lowest BCUT2D eigenvalue weighted by molar-refractivity contribution is 0.202. The summed E-state index contributed by atoms with van der Waals surface area (Å²) in [5.41, 5.74) is 1.08. The highest BCUT2D eigenvalue weighted by Gasteiger charge is 2.03. The highest BCUT2D eigenvalue weighted by molar-refractivity contribution is 7.86. The number of benzene rings is 1. The predicted molar refractivity (Wildman–Crippen MR) is 57.5 cm³/mol. The first-order chi connectivity index (χ1) is 7.01. The van der Waals surface area contributed by atoms with E-state index in [9.17, 15) is 8.42 Å². The Balaban J connectivity index is 2.64. The third kappa shape index (κ3) is 4.80. The molecular formula is C10H14O4S. The topological polar surface area (TPSA) is 52.6 Å². The lowest BCUT2D eigenvalue weighted by atomic mass is 10.1. The Kier molecular flexibility index (Phi) is 4.11. The normalized spacial score (nSPS) is 11.3. The number of hydrogen-bond acceptors (Lipinski definition) is 4. The second-order valence-electron chi connectivity index (χ2n) is 3.17. The molecule has 0 heterocycles. The van der Waals surface area contributed by atoms with Crippen molar-refractivity contribution in [3.63, 3.8) is 0 Å². The molecule has 84 valence electrons. The summed E-state index contributed by atoms with van der Waals surface area (Å²) in [6.07, 6.45) is 1.82. The number of hydrogen-bond donors (Lipinski definition) is 0. The van der Waals surface area contributed by atoms with Gasteiger partial charge in [0.25, 0.3) is 0 Å². The molecule has 15 heavy (non-hydrogen) atoms. The van der Waals surface area contributed by atoms with Crippen LogP contribution < -0.4 is 4.18 Å². The molecule has 1 rings (SSSR count). The quantitative estimate of drug-likeness (QED) is 0.713. The summed E-state index contributed by atoms with van der Waals surface area (Å²) < 4.78 is 31.3. The molecule has 0 bridgehead atoms. The third-order valence-electron chi connectivity index (χ3n) is 1.77. The van der Waals surface area contributed by atoms with Crippen LogP contribution in [-0.2, 0) is 21.3 Å². The zero-order valence-corrected chi connectivity index (χ0v) is 9.58. The minimum atomic E-state index is -3.43. The summed E-state index contributed by atoms with van der Waals surface area (Å²) >= 11 is 0. The molecule has 0 aliphatic heterocycles. The van der Waals surface area contributed by atoms with E-state index in [0.717, 1.165) is 18.2 Å². The Bertz CT molecular complexity index is 394. The van der Waals surface area contributed by atoms with Crippen molar-refractivity contribution in [2.24, 2.45) is 0 Å². The van der Waals surface area contributed by atoms with Crippen molar-refractivity contribution in [1.82, 2.24) is 0 Å². The van der Waals surface area contributed by atoms with Crippen molar-refractivity contribution in [3.05, 3.63) is 29.8 Å². The molecule has 1 aromatic rings. The van der Waals surface area contributed by atoms with Crippen molar-refractivity contribution in [1.29, 1.82) is 0 Å². The molecule has 0 amide bonds. The summed E-state index contributed by atoms with van der Waals surface area (Å²) in [6.45, 7) is 0.645. The molecule has 5 heteroatoms. The first-order valence-corrected chi connectivity index (χ1v) is 6.30. The van der Waals surface area contributed by atoms with Crippen LogP contribution in [-0.4, -0.2) is 28.4 Å². The van der Waals surface area contributed by atoms with Crippen LogP contribution in [0.1, 0.15) is 5.56 Å². The summed E-state index contributed by atoms with van der Waals surface area (Å²) in [5, 5.41) is 0. The van der Waals surface area contributed by atoms with Gasteiger partial charge in [0.2, 0.25) is 0 Å². The number of methoxy groups -OCH3 is 1. The van der Waals surface area contributed by atoms with Gasteiger partial charge in [0, 0.05) is 7.11 Å².